The summed E-state index contributed by atoms with van der Waals surface area (Å²) in [5.41, 5.74) is 0. The van der Waals surface area contributed by atoms with Crippen molar-refractivity contribution in [2.45, 2.75) is 6.42 Å². The largest absolute Gasteiger partial charge is 0.484 e. The van der Waals surface area contributed by atoms with Crippen LogP contribution in [0.2, 0.25) is 0 Å². The molecule has 0 aromatic heterocycles. The molecule has 128 valence electrons. The van der Waals surface area contributed by atoms with Gasteiger partial charge >= 0.3 is 0 Å². The van der Waals surface area contributed by atoms with Crippen LogP contribution in [0.25, 0.3) is 10.8 Å². The number of amides is 1. The number of fused-ring (bicyclic) bond motifs is 1. The van der Waals surface area contributed by atoms with Gasteiger partial charge in [-0.1, -0.05) is 30.3 Å². The highest BCUT2D eigenvalue weighted by atomic mass is 16.5. The molecular weight excluding hydrogens is 302 g/mol. The zero-order chi connectivity index (χ0) is 16.6. The van der Waals surface area contributed by atoms with E-state index in [9.17, 15) is 4.79 Å². The maximum atomic E-state index is 11.9. The second-order valence-corrected chi connectivity index (χ2v) is 6.09. The average Bonchev–Trinajstić information content (AvgIpc) is 2.64. The van der Waals surface area contributed by atoms with Gasteiger partial charge in [0.25, 0.3) is 5.91 Å². The number of hydrogen-bond acceptors (Lipinski definition) is 4. The molecule has 1 amide bonds. The molecule has 1 fully saturated rings. The summed E-state index contributed by atoms with van der Waals surface area (Å²) in [6.45, 7) is 6.11. The molecule has 5 heteroatoms. The lowest BCUT2D eigenvalue weighted by Crippen LogP contribution is -2.44. The molecular formula is C19H25N3O2. The summed E-state index contributed by atoms with van der Waals surface area (Å²) < 4.78 is 5.59. The molecule has 0 unspecified atom stereocenters. The van der Waals surface area contributed by atoms with Crippen molar-refractivity contribution in [3.05, 3.63) is 42.5 Å². The molecule has 24 heavy (non-hydrogen) atoms. The second kappa shape index (κ2) is 8.66. The van der Waals surface area contributed by atoms with Gasteiger partial charge in [-0.15, -0.1) is 0 Å². The van der Waals surface area contributed by atoms with Crippen molar-refractivity contribution in [2.75, 3.05) is 45.9 Å². The lowest BCUT2D eigenvalue weighted by atomic mass is 10.1. The maximum Gasteiger partial charge on any atom is 0.257 e. The predicted molar refractivity (Wildman–Crippen MR) is 96.4 cm³/mol. The smallest absolute Gasteiger partial charge is 0.257 e. The minimum Gasteiger partial charge on any atom is -0.484 e. The molecule has 0 atom stereocenters. The van der Waals surface area contributed by atoms with Gasteiger partial charge in [0.05, 0.1) is 0 Å². The molecule has 0 radical (unpaired) electrons. The molecule has 2 aromatic rings. The fourth-order valence-electron chi connectivity index (χ4n) is 2.92. The van der Waals surface area contributed by atoms with E-state index in [1.54, 1.807) is 0 Å². The minimum atomic E-state index is -0.0662. The molecule has 1 aliphatic heterocycles. The Balaban J connectivity index is 1.35. The Morgan fingerprint density at radius 1 is 1.12 bits per heavy atom. The fraction of sp³-hybridized carbons (Fsp3) is 0.421. The first-order valence-electron chi connectivity index (χ1n) is 8.63. The number of rotatable bonds is 7. The van der Waals surface area contributed by atoms with Gasteiger partial charge in [0.2, 0.25) is 0 Å². The molecule has 0 bridgehead atoms. The zero-order valence-corrected chi connectivity index (χ0v) is 14.0. The highest BCUT2D eigenvalue weighted by molar-refractivity contribution is 5.84. The van der Waals surface area contributed by atoms with Gasteiger partial charge in [0, 0.05) is 32.7 Å². The fourth-order valence-corrected chi connectivity index (χ4v) is 2.92. The SMILES string of the molecule is O=C(COc1ccc2ccccc2c1)NCCCN1CCNCC1. The molecule has 5 nitrogen and oxygen atoms in total. The first kappa shape index (κ1) is 16.7. The van der Waals surface area contributed by atoms with E-state index >= 15 is 0 Å². The van der Waals surface area contributed by atoms with Crippen molar-refractivity contribution in [2.24, 2.45) is 0 Å². The summed E-state index contributed by atoms with van der Waals surface area (Å²) in [7, 11) is 0. The van der Waals surface area contributed by atoms with Crippen LogP contribution in [0.3, 0.4) is 0 Å². The first-order valence-corrected chi connectivity index (χ1v) is 8.63. The van der Waals surface area contributed by atoms with E-state index < -0.39 is 0 Å². The standard InChI is InChI=1S/C19H25N3O2/c23-19(21-8-3-11-22-12-9-20-10-13-22)15-24-18-7-6-16-4-1-2-5-17(16)14-18/h1-2,4-7,14,20H,3,8-13,15H2,(H,21,23). The number of piperazine rings is 1. The van der Waals surface area contributed by atoms with Crippen LogP contribution in [0.4, 0.5) is 0 Å². The van der Waals surface area contributed by atoms with Gasteiger partial charge in [0.1, 0.15) is 5.75 Å². The summed E-state index contributed by atoms with van der Waals surface area (Å²) in [5, 5.41) is 8.55. The van der Waals surface area contributed by atoms with Crippen LogP contribution < -0.4 is 15.4 Å². The van der Waals surface area contributed by atoms with Gasteiger partial charge in [-0.3, -0.25) is 4.79 Å². The van der Waals surface area contributed by atoms with Crippen molar-refractivity contribution >= 4 is 16.7 Å². The van der Waals surface area contributed by atoms with E-state index in [2.05, 4.69) is 21.6 Å². The molecule has 2 aromatic carbocycles. The Morgan fingerprint density at radius 3 is 2.75 bits per heavy atom. The summed E-state index contributed by atoms with van der Waals surface area (Å²) in [5.74, 6) is 0.660. The van der Waals surface area contributed by atoms with Crippen LogP contribution >= 0.6 is 0 Å². The molecule has 0 saturated carbocycles. The maximum absolute atomic E-state index is 11.9. The number of ether oxygens (including phenoxy) is 1. The highest BCUT2D eigenvalue weighted by Crippen LogP contribution is 2.20. The van der Waals surface area contributed by atoms with Crippen LogP contribution in [0.15, 0.2) is 42.5 Å². The number of carbonyl (C=O) groups is 1. The summed E-state index contributed by atoms with van der Waals surface area (Å²) in [6.07, 6.45) is 0.974. The molecule has 3 rings (SSSR count). The van der Waals surface area contributed by atoms with Gasteiger partial charge < -0.3 is 20.3 Å². The van der Waals surface area contributed by atoms with Gasteiger partial charge in [-0.05, 0) is 35.9 Å². The minimum absolute atomic E-state index is 0.0615. The number of hydrogen-bond donors (Lipinski definition) is 2. The molecule has 1 aliphatic rings. The van der Waals surface area contributed by atoms with E-state index in [0.717, 1.165) is 50.3 Å². The van der Waals surface area contributed by atoms with E-state index in [1.165, 1.54) is 5.39 Å². The number of nitrogens with zero attached hydrogens (tertiary/aromatic N) is 1. The number of benzene rings is 2. The molecule has 1 heterocycles. The normalized spacial score (nSPS) is 15.3. The van der Waals surface area contributed by atoms with Crippen LogP contribution in [-0.2, 0) is 4.79 Å². The van der Waals surface area contributed by atoms with Crippen LogP contribution in [0.5, 0.6) is 5.75 Å². The summed E-state index contributed by atoms with van der Waals surface area (Å²) in [6, 6.07) is 14.0. The second-order valence-electron chi connectivity index (χ2n) is 6.09. The Labute approximate surface area is 143 Å². The monoisotopic (exact) mass is 327 g/mol. The molecule has 1 saturated heterocycles. The summed E-state index contributed by atoms with van der Waals surface area (Å²) in [4.78, 5) is 14.3. The van der Waals surface area contributed by atoms with E-state index in [0.29, 0.717) is 6.54 Å². The van der Waals surface area contributed by atoms with E-state index in [4.69, 9.17) is 4.74 Å². The molecule has 0 aliphatic carbocycles. The first-order chi connectivity index (χ1) is 11.8. The highest BCUT2D eigenvalue weighted by Gasteiger charge is 2.09. The Bertz CT molecular complexity index is 668. The van der Waals surface area contributed by atoms with E-state index in [-0.39, 0.29) is 12.5 Å². The lowest BCUT2D eigenvalue weighted by molar-refractivity contribution is -0.123. The van der Waals surface area contributed by atoms with Crippen molar-refractivity contribution in [3.8, 4) is 5.75 Å². The third-order valence-corrected chi connectivity index (χ3v) is 4.27. The van der Waals surface area contributed by atoms with Crippen LogP contribution in [-0.4, -0.2) is 56.7 Å². The van der Waals surface area contributed by atoms with Gasteiger partial charge in [-0.25, -0.2) is 0 Å². The topological polar surface area (TPSA) is 53.6 Å². The van der Waals surface area contributed by atoms with E-state index in [1.807, 2.05) is 36.4 Å². The summed E-state index contributed by atoms with van der Waals surface area (Å²) >= 11 is 0. The third kappa shape index (κ3) is 4.94. The van der Waals surface area contributed by atoms with Crippen molar-refractivity contribution in [1.82, 2.24) is 15.5 Å². The Morgan fingerprint density at radius 2 is 1.92 bits per heavy atom. The van der Waals surface area contributed by atoms with Crippen LogP contribution in [0.1, 0.15) is 6.42 Å². The van der Waals surface area contributed by atoms with Gasteiger partial charge in [-0.2, -0.15) is 0 Å². The Kier molecular flexibility index (Phi) is 6.04. The van der Waals surface area contributed by atoms with Crippen molar-refractivity contribution in [3.63, 3.8) is 0 Å². The van der Waals surface area contributed by atoms with Crippen molar-refractivity contribution in [1.29, 1.82) is 0 Å². The van der Waals surface area contributed by atoms with Gasteiger partial charge in [0.15, 0.2) is 6.61 Å². The molecule has 0 spiro atoms. The zero-order valence-electron chi connectivity index (χ0n) is 14.0. The Hall–Kier alpha value is -2.11. The number of nitrogens with one attached hydrogen (secondary N) is 2. The molecule has 2 N–H and O–H groups in total. The predicted octanol–water partition coefficient (Wildman–Crippen LogP) is 1.63. The number of carbonyl (C=O) groups excluding carboxylic acids is 1. The lowest BCUT2D eigenvalue weighted by Gasteiger charge is -2.27. The average molecular weight is 327 g/mol. The van der Waals surface area contributed by atoms with Crippen molar-refractivity contribution < 1.29 is 9.53 Å². The van der Waals surface area contributed by atoms with Crippen LogP contribution in [0, 0.1) is 0 Å². The third-order valence-electron chi connectivity index (χ3n) is 4.27. The quantitative estimate of drug-likeness (QED) is 0.759.